The van der Waals surface area contributed by atoms with Gasteiger partial charge in [0, 0.05) is 11.3 Å². The van der Waals surface area contributed by atoms with Crippen LogP contribution < -0.4 is 15.4 Å². The van der Waals surface area contributed by atoms with Crippen LogP contribution in [-0.2, 0) is 4.79 Å². The number of hydrogen-bond acceptors (Lipinski definition) is 4. The molecule has 1 atom stereocenters. The number of rotatable bonds is 3. The molecule has 1 aliphatic heterocycles. The van der Waals surface area contributed by atoms with Crippen LogP contribution in [0.4, 0.5) is 11.4 Å². The van der Waals surface area contributed by atoms with Gasteiger partial charge in [-0.25, -0.2) is 0 Å². The first-order valence-corrected chi connectivity index (χ1v) is 8.63. The van der Waals surface area contributed by atoms with Crippen LogP contribution in [0.1, 0.15) is 22.2 Å². The van der Waals surface area contributed by atoms with Crippen molar-refractivity contribution in [2.24, 2.45) is 0 Å². The molecule has 1 aromatic heterocycles. The Morgan fingerprint density at radius 2 is 1.88 bits per heavy atom. The highest BCUT2D eigenvalue weighted by atomic mass is 79.9. The predicted molar refractivity (Wildman–Crippen MR) is 99.2 cm³/mol. The van der Waals surface area contributed by atoms with Gasteiger partial charge in [0.15, 0.2) is 10.4 Å². The van der Waals surface area contributed by atoms with Crippen molar-refractivity contribution in [1.29, 1.82) is 0 Å². The average molecular weight is 413 g/mol. The zero-order valence-corrected chi connectivity index (χ0v) is 14.9. The zero-order valence-electron chi connectivity index (χ0n) is 13.4. The Morgan fingerprint density at radius 1 is 1.08 bits per heavy atom. The van der Waals surface area contributed by atoms with E-state index in [1.165, 1.54) is 0 Å². The highest BCUT2D eigenvalue weighted by molar-refractivity contribution is 9.10. The maximum absolute atomic E-state index is 12.4. The first-order chi connectivity index (χ1) is 12.6. The molecule has 7 heteroatoms. The van der Waals surface area contributed by atoms with Crippen molar-refractivity contribution in [2.45, 2.75) is 6.10 Å². The lowest BCUT2D eigenvalue weighted by Crippen LogP contribution is -2.30. The van der Waals surface area contributed by atoms with Crippen molar-refractivity contribution in [2.75, 3.05) is 10.6 Å². The second kappa shape index (κ2) is 6.68. The molecule has 130 valence electrons. The zero-order chi connectivity index (χ0) is 18.1. The largest absolute Gasteiger partial charge is 0.474 e. The fraction of sp³-hybridized carbons (Fsp3) is 0.0526. The number of anilines is 2. The Labute approximate surface area is 157 Å². The van der Waals surface area contributed by atoms with Gasteiger partial charge in [-0.05, 0) is 46.3 Å². The van der Waals surface area contributed by atoms with Crippen molar-refractivity contribution in [3.63, 3.8) is 0 Å². The van der Waals surface area contributed by atoms with Crippen LogP contribution in [0.2, 0.25) is 0 Å². The van der Waals surface area contributed by atoms with E-state index in [-0.39, 0.29) is 17.6 Å². The minimum atomic E-state index is -0.704. The number of hydrogen-bond donors (Lipinski definition) is 2. The number of amides is 2. The normalized spacial score (nSPS) is 15.6. The molecule has 0 fully saturated rings. The van der Waals surface area contributed by atoms with Gasteiger partial charge < -0.3 is 19.8 Å². The van der Waals surface area contributed by atoms with E-state index in [4.69, 9.17) is 9.15 Å². The number of nitrogens with one attached hydrogen (secondary N) is 2. The van der Waals surface area contributed by atoms with Crippen LogP contribution in [0.25, 0.3) is 0 Å². The molecule has 2 aromatic carbocycles. The molecular weight excluding hydrogens is 400 g/mol. The highest BCUT2D eigenvalue weighted by Gasteiger charge is 2.29. The maximum Gasteiger partial charge on any atom is 0.291 e. The SMILES string of the molecule is O=C(Nc1ccc2c(c1)NC(=O)C(c1ccccc1)O2)c1ccc(Br)o1. The molecule has 4 rings (SSSR count). The molecule has 0 bridgehead atoms. The van der Waals surface area contributed by atoms with E-state index in [1.807, 2.05) is 30.3 Å². The van der Waals surface area contributed by atoms with Crippen LogP contribution in [0.3, 0.4) is 0 Å². The number of fused-ring (bicyclic) bond motifs is 1. The summed E-state index contributed by atoms with van der Waals surface area (Å²) in [5, 5.41) is 5.54. The molecule has 1 unspecified atom stereocenters. The van der Waals surface area contributed by atoms with Crippen LogP contribution in [-0.4, -0.2) is 11.8 Å². The van der Waals surface area contributed by atoms with Gasteiger partial charge in [-0.15, -0.1) is 0 Å². The van der Waals surface area contributed by atoms with E-state index in [0.29, 0.717) is 21.8 Å². The summed E-state index contributed by atoms with van der Waals surface area (Å²) in [5.41, 5.74) is 1.79. The Morgan fingerprint density at radius 3 is 2.62 bits per heavy atom. The van der Waals surface area contributed by atoms with Crippen LogP contribution in [0.15, 0.2) is 69.8 Å². The monoisotopic (exact) mass is 412 g/mol. The molecule has 6 nitrogen and oxygen atoms in total. The molecule has 26 heavy (non-hydrogen) atoms. The van der Waals surface area contributed by atoms with Crippen LogP contribution in [0.5, 0.6) is 5.75 Å². The molecule has 0 radical (unpaired) electrons. The van der Waals surface area contributed by atoms with Gasteiger partial charge in [0.1, 0.15) is 5.75 Å². The van der Waals surface area contributed by atoms with E-state index in [0.717, 1.165) is 5.56 Å². The summed E-state index contributed by atoms with van der Waals surface area (Å²) < 4.78 is 11.5. The average Bonchev–Trinajstić information content (AvgIpc) is 3.08. The number of furan rings is 1. The topological polar surface area (TPSA) is 80.6 Å². The fourth-order valence-electron chi connectivity index (χ4n) is 2.66. The minimum Gasteiger partial charge on any atom is -0.474 e. The summed E-state index contributed by atoms with van der Waals surface area (Å²) in [7, 11) is 0. The summed E-state index contributed by atoms with van der Waals surface area (Å²) in [5.74, 6) is 0.0687. The fourth-order valence-corrected chi connectivity index (χ4v) is 2.97. The predicted octanol–water partition coefficient (Wildman–Crippen LogP) is 4.37. The van der Waals surface area contributed by atoms with Gasteiger partial charge in [0.25, 0.3) is 11.8 Å². The molecule has 0 saturated carbocycles. The van der Waals surface area contributed by atoms with Crippen LogP contribution in [0, 0.1) is 0 Å². The lowest BCUT2D eigenvalue weighted by molar-refractivity contribution is -0.123. The van der Waals surface area contributed by atoms with E-state index in [1.54, 1.807) is 30.3 Å². The molecule has 3 aromatic rings. The standard InChI is InChI=1S/C19H13BrN2O4/c20-16-9-8-15(25-16)18(23)21-12-6-7-14-13(10-12)22-19(24)17(26-14)11-4-2-1-3-5-11/h1-10,17H,(H,21,23)(H,22,24). The van der Waals surface area contributed by atoms with Gasteiger partial charge in [0.05, 0.1) is 5.69 Å². The third-order valence-corrected chi connectivity index (χ3v) is 4.30. The third-order valence-electron chi connectivity index (χ3n) is 3.88. The smallest absolute Gasteiger partial charge is 0.291 e. The Kier molecular flexibility index (Phi) is 4.22. The van der Waals surface area contributed by atoms with Crippen molar-refractivity contribution in [1.82, 2.24) is 0 Å². The molecule has 1 aliphatic rings. The van der Waals surface area contributed by atoms with Crippen molar-refractivity contribution < 1.29 is 18.7 Å². The minimum absolute atomic E-state index is 0.180. The summed E-state index contributed by atoms with van der Waals surface area (Å²) in [4.78, 5) is 24.5. The number of benzene rings is 2. The molecule has 0 saturated heterocycles. The number of halogens is 1. The van der Waals surface area contributed by atoms with Gasteiger partial charge in [-0.1, -0.05) is 30.3 Å². The quantitative estimate of drug-likeness (QED) is 0.669. The number of ether oxygens (including phenoxy) is 1. The molecule has 0 aliphatic carbocycles. The van der Waals surface area contributed by atoms with E-state index in [2.05, 4.69) is 26.6 Å². The maximum atomic E-state index is 12.4. The van der Waals surface area contributed by atoms with Gasteiger partial charge >= 0.3 is 0 Å². The highest BCUT2D eigenvalue weighted by Crippen LogP contribution is 2.36. The van der Waals surface area contributed by atoms with E-state index >= 15 is 0 Å². The first kappa shape index (κ1) is 16.4. The molecule has 2 amide bonds. The van der Waals surface area contributed by atoms with Gasteiger partial charge in [0.2, 0.25) is 6.10 Å². The number of carbonyl (C=O) groups is 2. The summed E-state index contributed by atoms with van der Waals surface area (Å²) in [6.45, 7) is 0. The Hall–Kier alpha value is -3.06. The Bertz CT molecular complexity index is 984. The summed E-state index contributed by atoms with van der Waals surface area (Å²) in [6.07, 6.45) is -0.704. The van der Waals surface area contributed by atoms with Gasteiger partial charge in [-0.3, -0.25) is 9.59 Å². The van der Waals surface area contributed by atoms with Crippen molar-refractivity contribution in [3.8, 4) is 5.75 Å². The first-order valence-electron chi connectivity index (χ1n) is 7.83. The Balaban J connectivity index is 1.54. The molecule has 0 spiro atoms. The van der Waals surface area contributed by atoms with E-state index in [9.17, 15) is 9.59 Å². The third kappa shape index (κ3) is 3.21. The second-order valence-electron chi connectivity index (χ2n) is 5.67. The van der Waals surface area contributed by atoms with Crippen molar-refractivity contribution >= 4 is 39.1 Å². The molecular formula is C19H13BrN2O4. The lowest BCUT2D eigenvalue weighted by Gasteiger charge is -2.26. The van der Waals surface area contributed by atoms with Crippen LogP contribution >= 0.6 is 15.9 Å². The van der Waals surface area contributed by atoms with Gasteiger partial charge in [-0.2, -0.15) is 0 Å². The summed E-state index contributed by atoms with van der Waals surface area (Å²) in [6, 6.07) is 17.5. The number of carbonyl (C=O) groups excluding carboxylic acids is 2. The second-order valence-corrected chi connectivity index (χ2v) is 6.45. The summed E-state index contributed by atoms with van der Waals surface area (Å²) >= 11 is 3.16. The van der Waals surface area contributed by atoms with E-state index < -0.39 is 6.10 Å². The molecule has 2 N–H and O–H groups in total. The lowest BCUT2D eigenvalue weighted by atomic mass is 10.1. The molecule has 2 heterocycles. The van der Waals surface area contributed by atoms with Crippen molar-refractivity contribution in [3.05, 3.63) is 76.7 Å².